The van der Waals surface area contributed by atoms with Gasteiger partial charge in [0.05, 0.1) is 13.2 Å². The summed E-state index contributed by atoms with van der Waals surface area (Å²) in [6.07, 6.45) is 2.22. The number of likely N-dealkylation sites (tertiary alicyclic amines) is 1. The molecule has 6 heteroatoms. The number of thiocarbonyl (C=S) groups is 1. The lowest BCUT2D eigenvalue weighted by atomic mass is 10.2. The van der Waals surface area contributed by atoms with Crippen LogP contribution in [0.25, 0.3) is 0 Å². The molecular weight excluding hydrogens is 274 g/mol. The summed E-state index contributed by atoms with van der Waals surface area (Å²) in [4.78, 5) is 4.84. The Morgan fingerprint density at radius 2 is 2.15 bits per heavy atom. The zero-order chi connectivity index (χ0) is 14.2. The van der Waals surface area contributed by atoms with Crippen LogP contribution in [-0.4, -0.2) is 80.1 Å². The minimum atomic E-state index is 0.641. The molecule has 20 heavy (non-hydrogen) atoms. The highest BCUT2D eigenvalue weighted by Gasteiger charge is 2.29. The molecule has 0 aromatic carbocycles. The van der Waals surface area contributed by atoms with Crippen molar-refractivity contribution in [1.29, 1.82) is 0 Å². The van der Waals surface area contributed by atoms with E-state index in [9.17, 15) is 0 Å². The molecule has 2 aliphatic rings. The van der Waals surface area contributed by atoms with E-state index in [1.165, 1.54) is 6.42 Å². The summed E-state index contributed by atoms with van der Waals surface area (Å²) in [6, 6.07) is 0.641. The first-order valence-corrected chi connectivity index (χ1v) is 8.14. The molecule has 0 spiro atoms. The van der Waals surface area contributed by atoms with Crippen LogP contribution in [-0.2, 0) is 9.47 Å². The lowest BCUT2D eigenvalue weighted by molar-refractivity contribution is 0.0195. The second-order valence-corrected chi connectivity index (χ2v) is 5.71. The fourth-order valence-corrected chi connectivity index (χ4v) is 3.06. The minimum Gasteiger partial charge on any atom is -0.382 e. The van der Waals surface area contributed by atoms with E-state index >= 15 is 0 Å². The molecular formula is C14H27N3O2S. The Balaban J connectivity index is 1.62. The highest BCUT2D eigenvalue weighted by molar-refractivity contribution is 7.80. The maximum Gasteiger partial charge on any atom is 0.168 e. The lowest BCUT2D eigenvalue weighted by Crippen LogP contribution is -2.46. The molecule has 0 amide bonds. The summed E-state index contributed by atoms with van der Waals surface area (Å²) in [5.74, 6) is 0. The van der Waals surface area contributed by atoms with Gasteiger partial charge < -0.3 is 19.7 Å². The van der Waals surface area contributed by atoms with Crippen LogP contribution in [0.3, 0.4) is 0 Å². The van der Waals surface area contributed by atoms with Crippen molar-refractivity contribution in [1.82, 2.24) is 15.1 Å². The fourth-order valence-electron chi connectivity index (χ4n) is 2.79. The van der Waals surface area contributed by atoms with Crippen molar-refractivity contribution in [3.8, 4) is 0 Å². The van der Waals surface area contributed by atoms with Crippen LogP contribution in [0.15, 0.2) is 0 Å². The van der Waals surface area contributed by atoms with Gasteiger partial charge in [0.2, 0.25) is 0 Å². The van der Waals surface area contributed by atoms with Crippen LogP contribution >= 0.6 is 12.2 Å². The van der Waals surface area contributed by atoms with E-state index < -0.39 is 0 Å². The molecule has 0 saturated carbocycles. The summed E-state index contributed by atoms with van der Waals surface area (Å²) < 4.78 is 10.7. The van der Waals surface area contributed by atoms with E-state index in [0.717, 1.165) is 70.7 Å². The van der Waals surface area contributed by atoms with Crippen LogP contribution in [0.2, 0.25) is 0 Å². The Bertz CT molecular complexity index is 298. The summed E-state index contributed by atoms with van der Waals surface area (Å²) in [5.41, 5.74) is 0. The molecule has 1 N–H and O–H groups in total. The second-order valence-electron chi connectivity index (χ2n) is 5.32. The number of rotatable bonds is 6. The van der Waals surface area contributed by atoms with Gasteiger partial charge in [-0.1, -0.05) is 0 Å². The van der Waals surface area contributed by atoms with E-state index in [2.05, 4.69) is 15.1 Å². The van der Waals surface area contributed by atoms with Gasteiger partial charge in [-0.15, -0.1) is 0 Å². The summed E-state index contributed by atoms with van der Waals surface area (Å²) in [7, 11) is 0. The Hall–Kier alpha value is -0.430. The Kier molecular flexibility index (Phi) is 6.99. The molecule has 2 heterocycles. The third-order valence-corrected chi connectivity index (χ3v) is 4.36. The van der Waals surface area contributed by atoms with Gasteiger partial charge in [-0.25, -0.2) is 0 Å². The average molecular weight is 301 g/mol. The van der Waals surface area contributed by atoms with Crippen LogP contribution in [0, 0.1) is 0 Å². The molecule has 2 fully saturated rings. The molecule has 2 rings (SSSR count). The summed E-state index contributed by atoms with van der Waals surface area (Å²) >= 11 is 5.48. The molecule has 0 aromatic heterocycles. The Morgan fingerprint density at radius 1 is 1.35 bits per heavy atom. The van der Waals surface area contributed by atoms with Crippen molar-refractivity contribution in [2.75, 3.05) is 59.2 Å². The van der Waals surface area contributed by atoms with Crippen molar-refractivity contribution >= 4 is 17.3 Å². The van der Waals surface area contributed by atoms with E-state index in [4.69, 9.17) is 21.7 Å². The normalized spacial score (nSPS) is 24.1. The van der Waals surface area contributed by atoms with Crippen LogP contribution in [0.1, 0.15) is 19.8 Å². The zero-order valence-electron chi connectivity index (χ0n) is 12.5. The SMILES string of the molecule is CCOCCCNC(=S)N1CCC(N2CCOCC2)C1. The second kappa shape index (κ2) is 8.77. The van der Waals surface area contributed by atoms with E-state index in [-0.39, 0.29) is 0 Å². The molecule has 0 radical (unpaired) electrons. The number of hydrogen-bond donors (Lipinski definition) is 1. The quantitative estimate of drug-likeness (QED) is 0.575. The summed E-state index contributed by atoms with van der Waals surface area (Å²) in [5, 5.41) is 4.24. The number of morpholine rings is 1. The maximum absolute atomic E-state index is 5.48. The van der Waals surface area contributed by atoms with Crippen molar-refractivity contribution < 1.29 is 9.47 Å². The van der Waals surface area contributed by atoms with Gasteiger partial charge in [-0.05, 0) is 32.0 Å². The van der Waals surface area contributed by atoms with Gasteiger partial charge in [-0.3, -0.25) is 4.90 Å². The highest BCUT2D eigenvalue weighted by atomic mass is 32.1. The van der Waals surface area contributed by atoms with E-state index in [0.29, 0.717) is 6.04 Å². The van der Waals surface area contributed by atoms with Crippen LogP contribution in [0.4, 0.5) is 0 Å². The van der Waals surface area contributed by atoms with E-state index in [1.54, 1.807) is 0 Å². The van der Waals surface area contributed by atoms with Gasteiger partial charge in [0.15, 0.2) is 5.11 Å². The van der Waals surface area contributed by atoms with Crippen molar-refractivity contribution in [3.05, 3.63) is 0 Å². The molecule has 2 aliphatic heterocycles. The third kappa shape index (κ3) is 4.84. The first-order chi connectivity index (χ1) is 9.81. The Morgan fingerprint density at radius 3 is 2.90 bits per heavy atom. The largest absolute Gasteiger partial charge is 0.382 e. The average Bonchev–Trinajstić information content (AvgIpc) is 2.98. The highest BCUT2D eigenvalue weighted by Crippen LogP contribution is 2.16. The first kappa shape index (κ1) is 15.9. The lowest BCUT2D eigenvalue weighted by Gasteiger charge is -2.32. The molecule has 0 bridgehead atoms. The molecule has 1 unspecified atom stereocenters. The fraction of sp³-hybridized carbons (Fsp3) is 0.929. The molecule has 0 aromatic rings. The number of ether oxygens (including phenoxy) is 2. The molecule has 0 aliphatic carbocycles. The predicted molar refractivity (Wildman–Crippen MR) is 84.1 cm³/mol. The smallest absolute Gasteiger partial charge is 0.168 e. The van der Waals surface area contributed by atoms with Crippen LogP contribution < -0.4 is 5.32 Å². The van der Waals surface area contributed by atoms with Crippen molar-refractivity contribution in [2.24, 2.45) is 0 Å². The maximum atomic E-state index is 5.48. The molecule has 116 valence electrons. The number of hydrogen-bond acceptors (Lipinski definition) is 4. The molecule has 1 atom stereocenters. The topological polar surface area (TPSA) is 37.0 Å². The van der Waals surface area contributed by atoms with Gasteiger partial charge in [0.25, 0.3) is 0 Å². The molecule has 2 saturated heterocycles. The van der Waals surface area contributed by atoms with Crippen LogP contribution in [0.5, 0.6) is 0 Å². The molecule has 5 nitrogen and oxygen atoms in total. The standard InChI is InChI=1S/C14H27N3O2S/c1-2-18-9-3-5-15-14(20)17-6-4-13(12-17)16-7-10-19-11-8-16/h13H,2-12H2,1H3,(H,15,20). The van der Waals surface area contributed by atoms with Gasteiger partial charge in [0, 0.05) is 52.0 Å². The summed E-state index contributed by atoms with van der Waals surface area (Å²) in [6.45, 7) is 10.5. The minimum absolute atomic E-state index is 0.641. The monoisotopic (exact) mass is 301 g/mol. The third-order valence-electron chi connectivity index (χ3n) is 3.96. The number of nitrogens with one attached hydrogen (secondary N) is 1. The number of nitrogens with zero attached hydrogens (tertiary/aromatic N) is 2. The van der Waals surface area contributed by atoms with Gasteiger partial charge in [0.1, 0.15) is 0 Å². The van der Waals surface area contributed by atoms with Gasteiger partial charge >= 0.3 is 0 Å². The van der Waals surface area contributed by atoms with Crippen molar-refractivity contribution in [2.45, 2.75) is 25.8 Å². The van der Waals surface area contributed by atoms with Crippen molar-refractivity contribution in [3.63, 3.8) is 0 Å². The van der Waals surface area contributed by atoms with Gasteiger partial charge in [-0.2, -0.15) is 0 Å². The Labute approximate surface area is 127 Å². The zero-order valence-corrected chi connectivity index (χ0v) is 13.3. The first-order valence-electron chi connectivity index (χ1n) is 7.73. The van der Waals surface area contributed by atoms with E-state index in [1.807, 2.05) is 6.92 Å². The predicted octanol–water partition coefficient (Wildman–Crippen LogP) is 0.694.